The lowest BCUT2D eigenvalue weighted by Gasteiger charge is -2.32. The Morgan fingerprint density at radius 1 is 0.452 bits per heavy atom. The van der Waals surface area contributed by atoms with Crippen LogP contribution in [0.15, 0.2) is 0 Å². The summed E-state index contributed by atoms with van der Waals surface area (Å²) in [4.78, 5) is 239. The zero-order valence-corrected chi connectivity index (χ0v) is 62.0. The molecule has 0 saturated carbocycles. The van der Waals surface area contributed by atoms with Gasteiger partial charge in [0.2, 0.25) is 82.7 Å². The van der Waals surface area contributed by atoms with Gasteiger partial charge in [0, 0.05) is 13.0 Å². The highest BCUT2D eigenvalue weighted by Gasteiger charge is 2.42. The molecule has 0 spiro atoms. The molecular weight excluding hydrogens is 1370 g/mol. The SMILES string of the molecule is CC[C@H](C)[C@H](NC(=O)CNC(=O)[C@@H](NC(=O)[C@H](CC(C)C)NC(=O)[C@H](CCC(=O)O)NC(=O)C[NH3+])[C@@H](C)CC)C(=O)N[C@@H](CC(C)C)C(=O)N[C@@H](CC(N)=O)C(=O)N[C@@H](C)C(=O)N[C@@H](C)C(=O)N[C@@H](CCCC[NH3+])C(=O)N[C@H](C(=O)N1CCC[C@H]1C(=O)N[C@@H](C)C(=O)N[C@@H](CC(=O)O)C(=O)O)C(C)C. The Morgan fingerprint density at radius 2 is 0.894 bits per heavy atom. The van der Waals surface area contributed by atoms with Crippen LogP contribution in [0.5, 0.6) is 0 Å². The number of carboxylic acid groups (broad SMARTS) is 3. The Balaban J connectivity index is 3.27. The summed E-state index contributed by atoms with van der Waals surface area (Å²) in [6.45, 7) is 20.3. The second-order valence-corrected chi connectivity index (χ2v) is 27.5. The number of nitrogens with two attached hydrogens (primary N) is 1. The molecular formula is C66H115N17O21+2. The molecule has 0 radical (unpaired) electrons. The molecule has 1 saturated heterocycles. The van der Waals surface area contributed by atoms with Gasteiger partial charge in [0.1, 0.15) is 78.5 Å². The van der Waals surface area contributed by atoms with E-state index in [9.17, 15) is 96.5 Å². The first-order valence-corrected chi connectivity index (χ1v) is 35.3. The molecule has 1 fully saturated rings. The van der Waals surface area contributed by atoms with Crippen LogP contribution in [-0.4, -0.2) is 231 Å². The summed E-state index contributed by atoms with van der Waals surface area (Å²) < 4.78 is 0. The number of amides is 15. The van der Waals surface area contributed by atoms with Crippen LogP contribution in [0, 0.1) is 29.6 Å². The number of rotatable bonds is 48. The summed E-state index contributed by atoms with van der Waals surface area (Å²) in [5, 5.41) is 60.0. The molecule has 15 atom stereocenters. The van der Waals surface area contributed by atoms with E-state index in [0.29, 0.717) is 38.6 Å². The molecule has 104 heavy (non-hydrogen) atoms. The minimum atomic E-state index is -1.79. The van der Waals surface area contributed by atoms with Crippen LogP contribution in [-0.2, 0) is 86.3 Å². The average molecular weight is 1480 g/mol. The molecule has 38 nitrogen and oxygen atoms in total. The van der Waals surface area contributed by atoms with Gasteiger partial charge in [0.15, 0.2) is 6.54 Å². The van der Waals surface area contributed by atoms with Gasteiger partial charge in [0.25, 0.3) is 5.91 Å². The lowest BCUT2D eigenvalue weighted by Crippen LogP contribution is -2.61. The summed E-state index contributed by atoms with van der Waals surface area (Å²) in [7, 11) is 0. The largest absolute Gasteiger partial charge is 0.481 e. The van der Waals surface area contributed by atoms with Crippen molar-refractivity contribution in [3.63, 3.8) is 0 Å². The fraction of sp³-hybridized carbons (Fsp3) is 0.727. The first-order valence-electron chi connectivity index (χ1n) is 35.3. The third-order valence-corrected chi connectivity index (χ3v) is 17.2. The summed E-state index contributed by atoms with van der Waals surface area (Å²) in [6, 6.07) is -18.0. The highest BCUT2D eigenvalue weighted by Crippen LogP contribution is 2.22. The van der Waals surface area contributed by atoms with Gasteiger partial charge >= 0.3 is 17.9 Å². The molecule has 24 N–H and O–H groups in total. The number of primary amides is 1. The minimum Gasteiger partial charge on any atom is -0.481 e. The van der Waals surface area contributed by atoms with Crippen molar-refractivity contribution in [2.24, 2.45) is 35.3 Å². The summed E-state index contributed by atoms with van der Waals surface area (Å²) in [6.07, 6.45) is -0.416. The monoisotopic (exact) mass is 1480 g/mol. The Hall–Kier alpha value is -9.62. The second kappa shape index (κ2) is 46.2. The van der Waals surface area contributed by atoms with Crippen molar-refractivity contribution < 1.29 is 113 Å². The molecule has 0 bridgehead atoms. The number of nitrogens with one attached hydrogen (secondary N) is 13. The number of hydrogen-bond acceptors (Lipinski definition) is 18. The standard InChI is InChI=1S/C66H113N17O21/c1-14-34(9)52(82-61(98)42(26-32(5)6)76-57(94)40(21-22-49(87)88)74-47(85)29-68)63(100)70-30-48(86)80-53(35(10)15-2)64(101)78-41(25-31(3)4)60(97)77-43(27-46(69)84)59(96)72-36(11)54(91)71-37(12)55(92)75-39(19-16-17-23-67)58(95)81-51(33(7)8)65(102)83-24-18-20-45(83)62(99)73-38(13)56(93)79-44(66(103)104)28-50(89)90/h31-45,51-53H,14-30,67-68H2,1-13H3,(H2,69,84)(H,70,100)(H,71,91)(H,72,96)(H,73,99)(H,74,85)(H,75,92)(H,76,94)(H,77,97)(H,78,101)(H,79,93)(H,80,86)(H,81,95)(H,82,98)(H,87,88)(H,89,90)(H,103,104)/p+2/t34-,35-,36-,37-,38-,39-,40-,41-,42-,43-,44-,45-,51-,52-,53-/m0/s1. The topological polar surface area (TPSA) is 609 Å². The molecule has 0 aromatic rings. The van der Waals surface area contributed by atoms with Gasteiger partial charge in [-0.1, -0.05) is 82.1 Å². The zero-order valence-electron chi connectivity index (χ0n) is 62.0. The normalized spacial score (nSPS) is 16.7. The molecule has 1 heterocycles. The van der Waals surface area contributed by atoms with Crippen LogP contribution < -0.4 is 86.3 Å². The van der Waals surface area contributed by atoms with E-state index in [2.05, 4.69) is 80.6 Å². The van der Waals surface area contributed by atoms with E-state index in [-0.39, 0.29) is 57.0 Å². The number of likely N-dealkylation sites (tertiary alicyclic amines) is 1. The van der Waals surface area contributed by atoms with Gasteiger partial charge in [-0.2, -0.15) is 0 Å². The van der Waals surface area contributed by atoms with E-state index in [0.717, 1.165) is 0 Å². The third-order valence-electron chi connectivity index (χ3n) is 17.2. The molecule has 588 valence electrons. The molecule has 1 aliphatic heterocycles. The Labute approximate surface area is 605 Å². The van der Waals surface area contributed by atoms with Crippen molar-refractivity contribution in [2.75, 3.05) is 26.2 Å². The number of carboxylic acids is 3. The highest BCUT2D eigenvalue weighted by molar-refractivity contribution is 6.01. The Bertz CT molecular complexity index is 3030. The van der Waals surface area contributed by atoms with Crippen molar-refractivity contribution in [3.8, 4) is 0 Å². The van der Waals surface area contributed by atoms with E-state index < -0.39 is 229 Å². The molecule has 0 aromatic heterocycles. The number of unbranched alkanes of at least 4 members (excludes halogenated alkanes) is 1. The first kappa shape index (κ1) is 92.4. The average Bonchev–Trinajstić information content (AvgIpc) is 1.61. The predicted octanol–water partition coefficient (Wildman–Crippen LogP) is -6.24. The maximum atomic E-state index is 14.2. The van der Waals surface area contributed by atoms with Gasteiger partial charge < -0.3 is 107 Å². The minimum absolute atomic E-state index is 0.0400. The molecule has 15 amide bonds. The molecule has 0 unspecified atom stereocenters. The van der Waals surface area contributed by atoms with E-state index >= 15 is 0 Å². The zero-order chi connectivity index (χ0) is 79.6. The van der Waals surface area contributed by atoms with E-state index in [1.807, 2.05) is 0 Å². The van der Waals surface area contributed by atoms with Gasteiger partial charge in [-0.3, -0.25) is 81.5 Å². The summed E-state index contributed by atoms with van der Waals surface area (Å²) in [5.74, 6) is -19.5. The van der Waals surface area contributed by atoms with E-state index in [4.69, 9.17) is 10.8 Å². The number of aliphatic carboxylic acids is 3. The lowest BCUT2D eigenvalue weighted by atomic mass is 9.96. The molecule has 1 aliphatic rings. The van der Waals surface area contributed by atoms with Crippen molar-refractivity contribution in [1.82, 2.24) is 74.0 Å². The van der Waals surface area contributed by atoms with Crippen molar-refractivity contribution >= 4 is 107 Å². The fourth-order valence-corrected chi connectivity index (χ4v) is 10.8. The second-order valence-electron chi connectivity index (χ2n) is 27.5. The van der Waals surface area contributed by atoms with E-state index in [1.54, 1.807) is 69.2 Å². The molecule has 0 aliphatic carbocycles. The third kappa shape index (κ3) is 32.8. The maximum Gasteiger partial charge on any atom is 0.326 e. The van der Waals surface area contributed by atoms with E-state index in [1.165, 1.54) is 25.7 Å². The van der Waals surface area contributed by atoms with Crippen molar-refractivity contribution in [1.29, 1.82) is 0 Å². The molecule has 1 rings (SSSR count). The van der Waals surface area contributed by atoms with Gasteiger partial charge in [-0.15, -0.1) is 0 Å². The fourth-order valence-electron chi connectivity index (χ4n) is 10.8. The Kier molecular flexibility index (Phi) is 41.0. The number of carbonyl (C=O) groups is 18. The van der Waals surface area contributed by atoms with Gasteiger partial charge in [-0.05, 0) is 102 Å². The number of hydrogen-bond donors (Lipinski definition) is 19. The maximum absolute atomic E-state index is 14.2. The van der Waals surface area contributed by atoms with Crippen molar-refractivity contribution in [2.45, 2.75) is 252 Å². The highest BCUT2D eigenvalue weighted by atomic mass is 16.4. The first-order chi connectivity index (χ1) is 48.5. The van der Waals surface area contributed by atoms with Crippen molar-refractivity contribution in [3.05, 3.63) is 0 Å². The van der Waals surface area contributed by atoms with Crippen LogP contribution in [0.2, 0.25) is 0 Å². The summed E-state index contributed by atoms with van der Waals surface area (Å²) in [5.41, 5.74) is 12.8. The van der Waals surface area contributed by atoms with Crippen LogP contribution >= 0.6 is 0 Å². The smallest absolute Gasteiger partial charge is 0.326 e. The Morgan fingerprint density at radius 3 is 1.38 bits per heavy atom. The van der Waals surface area contributed by atoms with Crippen LogP contribution in [0.1, 0.15) is 173 Å². The molecule has 0 aromatic carbocycles. The van der Waals surface area contributed by atoms with Crippen LogP contribution in [0.25, 0.3) is 0 Å². The van der Waals surface area contributed by atoms with Crippen LogP contribution in [0.4, 0.5) is 0 Å². The van der Waals surface area contributed by atoms with Crippen LogP contribution in [0.3, 0.4) is 0 Å². The summed E-state index contributed by atoms with van der Waals surface area (Å²) >= 11 is 0. The number of quaternary nitrogens is 2. The van der Waals surface area contributed by atoms with Gasteiger partial charge in [0.05, 0.1) is 25.9 Å². The number of nitrogens with zero attached hydrogens (tertiary/aromatic N) is 1. The predicted molar refractivity (Wildman–Crippen MR) is 371 cm³/mol. The lowest BCUT2D eigenvalue weighted by molar-refractivity contribution is -0.368. The quantitative estimate of drug-likeness (QED) is 0.0252. The number of carbonyl (C=O) groups excluding carboxylic acids is 15. The van der Waals surface area contributed by atoms with Gasteiger partial charge in [-0.25, -0.2) is 4.79 Å². The molecule has 38 heteroatoms.